The van der Waals surface area contributed by atoms with Crippen LogP contribution in [0.2, 0.25) is 0 Å². The van der Waals surface area contributed by atoms with Crippen molar-refractivity contribution in [2.75, 3.05) is 27.3 Å². The van der Waals surface area contributed by atoms with Gasteiger partial charge in [0, 0.05) is 13.1 Å². The average molecular weight is 313 g/mol. The van der Waals surface area contributed by atoms with Crippen LogP contribution in [0.3, 0.4) is 0 Å². The smallest absolute Gasteiger partial charge is 0.308 e. The number of sulfonamides is 1. The first-order valence-corrected chi connectivity index (χ1v) is 8.15. The van der Waals surface area contributed by atoms with Crippen LogP contribution >= 0.6 is 0 Å². The third kappa shape index (κ3) is 3.19. The molecule has 1 aliphatic rings. The number of nitrogens with zero attached hydrogens (tertiary/aromatic N) is 1. The molecule has 0 saturated carbocycles. The number of carbonyl (C=O) groups is 1. The first-order valence-electron chi connectivity index (χ1n) is 6.71. The van der Waals surface area contributed by atoms with Crippen molar-refractivity contribution in [2.24, 2.45) is 5.92 Å². The lowest BCUT2D eigenvalue weighted by atomic mass is 9.99. The molecular weight excluding hydrogens is 294 g/mol. The highest BCUT2D eigenvalue weighted by Crippen LogP contribution is 2.29. The third-order valence-corrected chi connectivity index (χ3v) is 5.61. The van der Waals surface area contributed by atoms with Gasteiger partial charge in [-0.05, 0) is 25.0 Å². The fourth-order valence-electron chi connectivity index (χ4n) is 2.47. The number of para-hydroxylation sites is 1. The maximum Gasteiger partial charge on any atom is 0.308 e. The Bertz CT molecular complexity index is 606. The lowest BCUT2D eigenvalue weighted by molar-refractivity contribution is -0.146. The molecular formula is C14H19NO5S. The summed E-state index contributed by atoms with van der Waals surface area (Å²) in [5.74, 6) is -0.170. The zero-order valence-corrected chi connectivity index (χ0v) is 12.9. The predicted octanol–water partition coefficient (Wildman–Crippen LogP) is 1.27. The second kappa shape index (κ2) is 6.44. The fraction of sp³-hybridized carbons (Fsp3) is 0.500. The van der Waals surface area contributed by atoms with E-state index in [-0.39, 0.29) is 16.8 Å². The summed E-state index contributed by atoms with van der Waals surface area (Å²) in [5.41, 5.74) is 0. The quantitative estimate of drug-likeness (QED) is 0.783. The Morgan fingerprint density at radius 3 is 2.38 bits per heavy atom. The molecule has 1 saturated heterocycles. The fourth-order valence-corrected chi connectivity index (χ4v) is 4.10. The van der Waals surface area contributed by atoms with E-state index < -0.39 is 10.0 Å². The SMILES string of the molecule is COC(=O)C1CCN(S(=O)(=O)c2ccccc2OC)CC1. The highest BCUT2D eigenvalue weighted by atomic mass is 32.2. The molecule has 0 aromatic heterocycles. The van der Waals surface area contributed by atoms with Crippen molar-refractivity contribution >= 4 is 16.0 Å². The van der Waals surface area contributed by atoms with Crippen molar-refractivity contribution in [1.29, 1.82) is 0 Å². The lowest BCUT2D eigenvalue weighted by Crippen LogP contribution is -2.40. The van der Waals surface area contributed by atoms with Crippen LogP contribution in [0.4, 0.5) is 0 Å². The van der Waals surface area contributed by atoms with Gasteiger partial charge in [0.15, 0.2) is 0 Å². The molecule has 1 aromatic rings. The van der Waals surface area contributed by atoms with Crippen LogP contribution in [0.1, 0.15) is 12.8 Å². The zero-order valence-electron chi connectivity index (χ0n) is 12.1. The monoisotopic (exact) mass is 313 g/mol. The number of hydrogen-bond acceptors (Lipinski definition) is 5. The Morgan fingerprint density at radius 1 is 1.19 bits per heavy atom. The Balaban J connectivity index is 2.17. The topological polar surface area (TPSA) is 72.9 Å². The van der Waals surface area contributed by atoms with Gasteiger partial charge in [-0.25, -0.2) is 8.42 Å². The van der Waals surface area contributed by atoms with Gasteiger partial charge in [0.05, 0.1) is 20.1 Å². The molecule has 0 amide bonds. The molecule has 0 N–H and O–H groups in total. The zero-order chi connectivity index (χ0) is 15.5. The maximum atomic E-state index is 12.6. The van der Waals surface area contributed by atoms with Gasteiger partial charge >= 0.3 is 5.97 Å². The molecule has 21 heavy (non-hydrogen) atoms. The Labute approximate surface area is 124 Å². The Kier molecular flexibility index (Phi) is 4.84. The number of hydrogen-bond donors (Lipinski definition) is 0. The summed E-state index contributed by atoms with van der Waals surface area (Å²) >= 11 is 0. The molecule has 0 bridgehead atoms. The highest BCUT2D eigenvalue weighted by Gasteiger charge is 2.33. The van der Waals surface area contributed by atoms with Crippen molar-refractivity contribution in [2.45, 2.75) is 17.7 Å². The van der Waals surface area contributed by atoms with Crippen molar-refractivity contribution < 1.29 is 22.7 Å². The van der Waals surface area contributed by atoms with E-state index in [1.54, 1.807) is 18.2 Å². The van der Waals surface area contributed by atoms with Crippen molar-refractivity contribution in [3.63, 3.8) is 0 Å². The molecule has 2 rings (SSSR count). The second-order valence-electron chi connectivity index (χ2n) is 4.85. The molecule has 1 aliphatic heterocycles. The van der Waals surface area contributed by atoms with E-state index in [1.165, 1.54) is 24.6 Å². The van der Waals surface area contributed by atoms with Crippen LogP contribution in [0.25, 0.3) is 0 Å². The molecule has 0 unspecified atom stereocenters. The van der Waals surface area contributed by atoms with E-state index in [0.717, 1.165) is 0 Å². The normalized spacial score (nSPS) is 17.4. The molecule has 0 spiro atoms. The van der Waals surface area contributed by atoms with Crippen molar-refractivity contribution in [1.82, 2.24) is 4.31 Å². The van der Waals surface area contributed by atoms with E-state index in [9.17, 15) is 13.2 Å². The molecule has 0 aliphatic carbocycles. The minimum Gasteiger partial charge on any atom is -0.495 e. The predicted molar refractivity (Wildman–Crippen MR) is 76.5 cm³/mol. The molecule has 0 radical (unpaired) electrons. The number of rotatable bonds is 4. The highest BCUT2D eigenvalue weighted by molar-refractivity contribution is 7.89. The summed E-state index contributed by atoms with van der Waals surface area (Å²) in [6.07, 6.45) is 0.947. The molecule has 1 aromatic carbocycles. The van der Waals surface area contributed by atoms with Gasteiger partial charge in [-0.2, -0.15) is 4.31 Å². The van der Waals surface area contributed by atoms with Gasteiger partial charge < -0.3 is 9.47 Å². The largest absolute Gasteiger partial charge is 0.495 e. The van der Waals surface area contributed by atoms with Crippen LogP contribution < -0.4 is 4.74 Å². The minimum atomic E-state index is -3.60. The standard InChI is InChI=1S/C14H19NO5S/c1-19-12-5-3-4-6-13(12)21(17,18)15-9-7-11(8-10-15)14(16)20-2/h3-6,11H,7-10H2,1-2H3. The molecule has 1 heterocycles. The van der Waals surface area contributed by atoms with E-state index in [2.05, 4.69) is 0 Å². The van der Waals surface area contributed by atoms with Crippen LogP contribution in [0.5, 0.6) is 5.75 Å². The summed E-state index contributed by atoms with van der Waals surface area (Å²) in [5, 5.41) is 0. The summed E-state index contributed by atoms with van der Waals surface area (Å²) < 4.78 is 36.5. The summed E-state index contributed by atoms with van der Waals surface area (Å²) in [7, 11) is -0.815. The number of esters is 1. The molecule has 0 atom stereocenters. The van der Waals surface area contributed by atoms with Gasteiger partial charge in [0.1, 0.15) is 10.6 Å². The molecule has 1 fully saturated rings. The van der Waals surface area contributed by atoms with Crippen molar-refractivity contribution in [3.8, 4) is 5.75 Å². The molecule has 7 heteroatoms. The minimum absolute atomic E-state index is 0.156. The van der Waals surface area contributed by atoms with Crippen LogP contribution in [0, 0.1) is 5.92 Å². The third-order valence-electron chi connectivity index (χ3n) is 3.68. The first kappa shape index (κ1) is 15.8. The van der Waals surface area contributed by atoms with Gasteiger partial charge in [0.25, 0.3) is 0 Å². The van der Waals surface area contributed by atoms with Crippen molar-refractivity contribution in [3.05, 3.63) is 24.3 Å². The number of benzene rings is 1. The number of carbonyl (C=O) groups excluding carboxylic acids is 1. The van der Waals surface area contributed by atoms with Gasteiger partial charge in [-0.3, -0.25) is 4.79 Å². The van der Waals surface area contributed by atoms with E-state index in [4.69, 9.17) is 9.47 Å². The van der Waals surface area contributed by atoms with Gasteiger partial charge in [-0.1, -0.05) is 12.1 Å². The maximum absolute atomic E-state index is 12.6. The lowest BCUT2D eigenvalue weighted by Gasteiger charge is -2.30. The Morgan fingerprint density at radius 2 is 1.81 bits per heavy atom. The van der Waals surface area contributed by atoms with Crippen LogP contribution in [-0.4, -0.2) is 46.0 Å². The van der Waals surface area contributed by atoms with E-state index >= 15 is 0 Å². The number of ether oxygens (including phenoxy) is 2. The van der Waals surface area contributed by atoms with E-state index in [1.807, 2.05) is 0 Å². The first-order chi connectivity index (χ1) is 10.0. The summed E-state index contributed by atoms with van der Waals surface area (Å²) in [6, 6.07) is 6.53. The number of methoxy groups -OCH3 is 2. The molecule has 116 valence electrons. The Hall–Kier alpha value is -1.60. The molecule has 6 nitrogen and oxygen atoms in total. The number of piperidine rings is 1. The van der Waals surface area contributed by atoms with E-state index in [0.29, 0.717) is 31.7 Å². The summed E-state index contributed by atoms with van der Waals surface area (Å²) in [4.78, 5) is 11.6. The second-order valence-corrected chi connectivity index (χ2v) is 6.76. The van der Waals surface area contributed by atoms with Crippen LogP contribution in [0.15, 0.2) is 29.2 Å². The average Bonchev–Trinajstić information content (AvgIpc) is 2.54. The van der Waals surface area contributed by atoms with Gasteiger partial charge in [-0.15, -0.1) is 0 Å². The summed E-state index contributed by atoms with van der Waals surface area (Å²) in [6.45, 7) is 0.611. The van der Waals surface area contributed by atoms with Gasteiger partial charge in [0.2, 0.25) is 10.0 Å². The van der Waals surface area contributed by atoms with Crippen LogP contribution in [-0.2, 0) is 19.6 Å².